The van der Waals surface area contributed by atoms with Gasteiger partial charge < -0.3 is 5.73 Å². The molecule has 2 fully saturated rings. The molecule has 2 amide bonds. The van der Waals surface area contributed by atoms with E-state index in [9.17, 15) is 19.2 Å². The van der Waals surface area contributed by atoms with Crippen molar-refractivity contribution in [2.75, 3.05) is 0 Å². The first-order valence-electron chi connectivity index (χ1n) is 8.74. The lowest BCUT2D eigenvalue weighted by atomic mass is 9.77. The third-order valence-electron chi connectivity index (χ3n) is 5.66. The number of rotatable bonds is 3. The largest absolute Gasteiger partial charge is 0.328 e. The Morgan fingerprint density at radius 2 is 1.76 bits per heavy atom. The van der Waals surface area contributed by atoms with E-state index >= 15 is 0 Å². The number of carbonyl (C=O) groups excluding carboxylic acids is 4. The summed E-state index contributed by atoms with van der Waals surface area (Å²) in [4.78, 5) is 48.9. The van der Waals surface area contributed by atoms with Gasteiger partial charge in [-0.25, -0.2) is 0 Å². The van der Waals surface area contributed by atoms with Crippen molar-refractivity contribution in [2.45, 2.75) is 38.1 Å². The number of amides is 2. The molecule has 130 valence electrons. The number of piperidine rings is 1. The molecule has 0 spiro atoms. The van der Waals surface area contributed by atoms with Gasteiger partial charge in [0.1, 0.15) is 0 Å². The number of ketones is 2. The molecule has 1 saturated heterocycles. The molecule has 1 aliphatic heterocycles. The van der Waals surface area contributed by atoms with Gasteiger partial charge >= 0.3 is 0 Å². The van der Waals surface area contributed by atoms with Crippen molar-refractivity contribution in [1.29, 1.82) is 0 Å². The van der Waals surface area contributed by atoms with Crippen LogP contribution >= 0.6 is 0 Å². The number of carbonyl (C=O) groups is 4. The summed E-state index contributed by atoms with van der Waals surface area (Å²) in [7, 11) is 0. The van der Waals surface area contributed by atoms with Gasteiger partial charge in [0.15, 0.2) is 11.6 Å². The second-order valence-corrected chi connectivity index (χ2v) is 7.45. The minimum atomic E-state index is -0.990. The maximum absolute atomic E-state index is 12.8. The maximum atomic E-state index is 12.8. The molecule has 1 heterocycles. The molecular formula is C19H20N2O4. The number of hydrogen-bond donors (Lipinski definition) is 2. The van der Waals surface area contributed by atoms with Gasteiger partial charge in [-0.05, 0) is 43.2 Å². The average molecular weight is 340 g/mol. The molecule has 6 heteroatoms. The smallest absolute Gasteiger partial charge is 0.230 e. The fraction of sp³-hybridized carbons (Fsp3) is 0.474. The van der Waals surface area contributed by atoms with Gasteiger partial charge in [-0.3, -0.25) is 24.5 Å². The lowest BCUT2D eigenvalue weighted by molar-refractivity contribution is -0.137. The summed E-state index contributed by atoms with van der Waals surface area (Å²) in [6.07, 6.45) is 3.24. The normalized spacial score (nSPS) is 31.6. The van der Waals surface area contributed by atoms with Gasteiger partial charge in [-0.1, -0.05) is 12.1 Å². The zero-order chi connectivity index (χ0) is 17.7. The summed E-state index contributed by atoms with van der Waals surface area (Å²) in [5.74, 6) is -2.66. The first-order chi connectivity index (χ1) is 11.9. The molecule has 2 atom stereocenters. The number of hydrogen-bond acceptors (Lipinski definition) is 5. The Bertz CT molecular complexity index is 795. The van der Waals surface area contributed by atoms with Crippen LogP contribution in [0.25, 0.3) is 0 Å². The number of benzene rings is 1. The minimum Gasteiger partial charge on any atom is -0.328 e. The molecule has 6 nitrogen and oxygen atoms in total. The molecule has 1 aromatic rings. The van der Waals surface area contributed by atoms with Crippen LogP contribution < -0.4 is 11.1 Å². The summed E-state index contributed by atoms with van der Waals surface area (Å²) in [5.41, 5.74) is 7.66. The summed E-state index contributed by atoms with van der Waals surface area (Å²) >= 11 is 0. The quantitative estimate of drug-likeness (QED) is 0.631. The van der Waals surface area contributed by atoms with Crippen LogP contribution in [-0.4, -0.2) is 29.4 Å². The number of nitrogens with one attached hydrogen (secondary N) is 1. The molecule has 0 radical (unpaired) electrons. The van der Waals surface area contributed by atoms with Crippen molar-refractivity contribution in [3.63, 3.8) is 0 Å². The molecule has 1 aromatic carbocycles. The van der Waals surface area contributed by atoms with E-state index in [1.807, 2.05) is 6.07 Å². The number of fused-ring (bicyclic) bond motifs is 1. The van der Waals surface area contributed by atoms with Crippen LogP contribution in [0.15, 0.2) is 18.2 Å². The number of nitrogens with two attached hydrogens (primary N) is 1. The molecule has 4 rings (SSSR count). The van der Waals surface area contributed by atoms with Gasteiger partial charge in [-0.15, -0.1) is 0 Å². The zero-order valence-corrected chi connectivity index (χ0v) is 13.8. The molecule has 0 aromatic heterocycles. The number of Topliss-reactive ketones (excluding diaryl/α,β-unsaturated/α-hetero) is 2. The van der Waals surface area contributed by atoms with Gasteiger partial charge in [0.05, 0.1) is 11.8 Å². The van der Waals surface area contributed by atoms with E-state index in [2.05, 4.69) is 5.32 Å². The van der Waals surface area contributed by atoms with Gasteiger partial charge in [0.2, 0.25) is 11.8 Å². The first kappa shape index (κ1) is 16.1. The van der Waals surface area contributed by atoms with Crippen molar-refractivity contribution in [3.8, 4) is 0 Å². The molecule has 25 heavy (non-hydrogen) atoms. The molecule has 1 saturated carbocycles. The first-order valence-corrected chi connectivity index (χ1v) is 8.74. The highest BCUT2D eigenvalue weighted by molar-refractivity contribution is 6.28. The Morgan fingerprint density at radius 1 is 1.04 bits per heavy atom. The van der Waals surface area contributed by atoms with E-state index < -0.39 is 17.7 Å². The van der Waals surface area contributed by atoms with Crippen molar-refractivity contribution in [2.24, 2.45) is 23.5 Å². The van der Waals surface area contributed by atoms with Crippen LogP contribution in [0.4, 0.5) is 0 Å². The van der Waals surface area contributed by atoms with E-state index in [4.69, 9.17) is 5.73 Å². The molecule has 2 unspecified atom stereocenters. The van der Waals surface area contributed by atoms with E-state index in [0.717, 1.165) is 24.8 Å². The predicted octanol–water partition coefficient (Wildman–Crippen LogP) is 1.01. The second-order valence-electron chi connectivity index (χ2n) is 7.45. The SMILES string of the molecule is NC1CC(Cc2ccc3c(c2)C(=O)C(C2CCC(=O)NC2=O)C3=O)C1. The monoisotopic (exact) mass is 340 g/mol. The van der Waals surface area contributed by atoms with Crippen molar-refractivity contribution < 1.29 is 19.2 Å². The van der Waals surface area contributed by atoms with Crippen molar-refractivity contribution in [1.82, 2.24) is 5.32 Å². The van der Waals surface area contributed by atoms with Gasteiger partial charge in [0, 0.05) is 23.6 Å². The van der Waals surface area contributed by atoms with E-state index in [0.29, 0.717) is 17.0 Å². The van der Waals surface area contributed by atoms with Gasteiger partial charge in [-0.2, -0.15) is 0 Å². The second kappa shape index (κ2) is 5.88. The Morgan fingerprint density at radius 3 is 2.44 bits per heavy atom. The van der Waals surface area contributed by atoms with Crippen LogP contribution in [0.1, 0.15) is 52.0 Å². The average Bonchev–Trinajstić information content (AvgIpc) is 2.78. The molecule has 0 bridgehead atoms. The fourth-order valence-corrected chi connectivity index (χ4v) is 4.27. The van der Waals surface area contributed by atoms with E-state index in [1.54, 1.807) is 12.1 Å². The van der Waals surface area contributed by atoms with Gasteiger partial charge in [0.25, 0.3) is 0 Å². The summed E-state index contributed by atoms with van der Waals surface area (Å²) in [5, 5.41) is 2.24. The number of imide groups is 1. The van der Waals surface area contributed by atoms with Crippen LogP contribution in [0, 0.1) is 17.8 Å². The highest BCUT2D eigenvalue weighted by Crippen LogP contribution is 2.36. The molecule has 2 aliphatic carbocycles. The lowest BCUT2D eigenvalue weighted by Gasteiger charge is -2.32. The highest BCUT2D eigenvalue weighted by Gasteiger charge is 2.47. The van der Waals surface area contributed by atoms with E-state index in [-0.39, 0.29) is 36.4 Å². The maximum Gasteiger partial charge on any atom is 0.230 e. The molecule has 3 N–H and O–H groups in total. The molecular weight excluding hydrogens is 320 g/mol. The van der Waals surface area contributed by atoms with Crippen molar-refractivity contribution >= 4 is 23.4 Å². The van der Waals surface area contributed by atoms with Crippen LogP contribution in [0.2, 0.25) is 0 Å². The summed E-state index contributed by atoms with van der Waals surface area (Å²) in [6, 6.07) is 5.67. The third kappa shape index (κ3) is 2.70. The minimum absolute atomic E-state index is 0.164. The van der Waals surface area contributed by atoms with Crippen LogP contribution in [0.3, 0.4) is 0 Å². The molecule has 3 aliphatic rings. The Hall–Kier alpha value is -2.34. The zero-order valence-electron chi connectivity index (χ0n) is 13.8. The van der Waals surface area contributed by atoms with Crippen LogP contribution in [-0.2, 0) is 16.0 Å². The standard InChI is InChI=1S/C19H20N2O4/c20-11-6-10(7-11)5-9-1-2-12-14(8-9)18(24)16(17(12)23)13-3-4-15(22)21-19(13)25/h1-2,8,10-11,13,16H,3-7,20H2,(H,21,22,25). The Balaban J connectivity index is 1.57. The fourth-order valence-electron chi connectivity index (χ4n) is 4.27. The highest BCUT2D eigenvalue weighted by atomic mass is 16.2. The third-order valence-corrected chi connectivity index (χ3v) is 5.66. The Labute approximate surface area is 145 Å². The summed E-state index contributed by atoms with van der Waals surface area (Å²) in [6.45, 7) is 0. The van der Waals surface area contributed by atoms with Crippen molar-refractivity contribution in [3.05, 3.63) is 34.9 Å². The predicted molar refractivity (Wildman–Crippen MR) is 88.9 cm³/mol. The van der Waals surface area contributed by atoms with E-state index in [1.165, 1.54) is 0 Å². The van der Waals surface area contributed by atoms with Crippen LogP contribution in [0.5, 0.6) is 0 Å². The lowest BCUT2D eigenvalue weighted by Crippen LogP contribution is -2.46. The summed E-state index contributed by atoms with van der Waals surface area (Å²) < 4.78 is 0. The Kier molecular flexibility index (Phi) is 3.80. The topological polar surface area (TPSA) is 106 Å².